The van der Waals surface area contributed by atoms with E-state index in [1.54, 1.807) is 0 Å². The van der Waals surface area contributed by atoms with Crippen molar-refractivity contribution in [3.05, 3.63) is 0 Å². The van der Waals surface area contributed by atoms with Gasteiger partial charge in [0.1, 0.15) is 73.1 Å². The summed E-state index contributed by atoms with van der Waals surface area (Å²) >= 11 is 0. The molecule has 11 N–H and O–H groups in total. The molecular weight excluding hydrogens is 548 g/mol. The summed E-state index contributed by atoms with van der Waals surface area (Å²) in [4.78, 5) is 23.1. The zero-order valence-electron chi connectivity index (χ0n) is 21.7. The van der Waals surface area contributed by atoms with E-state index in [-0.39, 0.29) is 0 Å². The van der Waals surface area contributed by atoms with Gasteiger partial charge in [0.2, 0.25) is 11.8 Å². The van der Waals surface area contributed by atoms with E-state index in [1.807, 2.05) is 0 Å². The molecule has 2 amide bonds. The minimum Gasteiger partial charge on any atom is -0.394 e. The Balaban J connectivity index is 1.74. The van der Waals surface area contributed by atoms with Crippen molar-refractivity contribution in [2.75, 3.05) is 19.8 Å². The zero-order chi connectivity index (χ0) is 29.9. The summed E-state index contributed by atoms with van der Waals surface area (Å²) in [7, 11) is 0. The number of aliphatic hydroxyl groups excluding tert-OH is 9. The SMILES string of the molecule is CC(=O)N[C@H]1[C@H](OC[C@H]2O[C@@H](O[C@H]3[C@H](O)[C@@H](NC(C)=O)C(O)O[C@@H]3CO)[C@H](O)[C@@H](O)[C@H]2O)O[C@H](CO)[C@@H](O)[C@@H]1O. The van der Waals surface area contributed by atoms with E-state index in [1.165, 1.54) is 0 Å². The lowest BCUT2D eigenvalue weighted by Crippen LogP contribution is -2.67. The molecule has 3 rings (SSSR count). The van der Waals surface area contributed by atoms with Gasteiger partial charge >= 0.3 is 0 Å². The molecule has 0 aromatic heterocycles. The predicted molar refractivity (Wildman–Crippen MR) is 124 cm³/mol. The lowest BCUT2D eigenvalue weighted by atomic mass is 9.95. The van der Waals surface area contributed by atoms with Gasteiger partial charge in [0, 0.05) is 13.8 Å². The van der Waals surface area contributed by atoms with Gasteiger partial charge in [-0.25, -0.2) is 0 Å². The van der Waals surface area contributed by atoms with Crippen LogP contribution >= 0.6 is 0 Å². The Morgan fingerprint density at radius 1 is 0.650 bits per heavy atom. The van der Waals surface area contributed by atoms with Crippen molar-refractivity contribution >= 4 is 11.8 Å². The summed E-state index contributed by atoms with van der Waals surface area (Å²) < 4.78 is 27.4. The van der Waals surface area contributed by atoms with Crippen molar-refractivity contribution in [3.8, 4) is 0 Å². The van der Waals surface area contributed by atoms with Crippen molar-refractivity contribution in [2.24, 2.45) is 0 Å². The standard InChI is InChI=1S/C22H38N2O16/c1-6(27)23-11-16(32)19(9(4-26)37-20(11)35)40-22-18(34)17(33)14(30)10(39-22)5-36-21-12(24-7(2)28)15(31)13(29)8(3-25)38-21/h8-22,25-26,29-35H,3-5H2,1-2H3,(H,23,27)(H,24,28)/t8-,9-,10-,11-,12-,13-,14+,15-,16-,17+,18-,19-,20?,21-,22+/m1/s1. The molecule has 0 aromatic rings. The monoisotopic (exact) mass is 586 g/mol. The largest absolute Gasteiger partial charge is 0.394 e. The summed E-state index contributed by atoms with van der Waals surface area (Å²) in [6, 6.07) is -2.70. The molecule has 0 bridgehead atoms. The molecule has 1 unspecified atom stereocenters. The van der Waals surface area contributed by atoms with Gasteiger partial charge in [0.05, 0.1) is 19.8 Å². The second-order valence-corrected chi connectivity index (χ2v) is 9.85. The number of ether oxygens (including phenoxy) is 5. The fourth-order valence-electron chi connectivity index (χ4n) is 4.76. The van der Waals surface area contributed by atoms with Crippen LogP contribution in [0.1, 0.15) is 13.8 Å². The number of aliphatic hydroxyl groups is 9. The number of rotatable bonds is 9. The molecule has 18 heteroatoms. The van der Waals surface area contributed by atoms with E-state index in [0.29, 0.717) is 0 Å². The Morgan fingerprint density at radius 2 is 1.20 bits per heavy atom. The average molecular weight is 587 g/mol. The smallest absolute Gasteiger partial charge is 0.217 e. The molecule has 3 aliphatic heterocycles. The van der Waals surface area contributed by atoms with Gasteiger partial charge < -0.3 is 80.3 Å². The topological polar surface area (TPSA) is 286 Å². The van der Waals surface area contributed by atoms with E-state index in [4.69, 9.17) is 23.7 Å². The van der Waals surface area contributed by atoms with Gasteiger partial charge in [-0.1, -0.05) is 0 Å². The van der Waals surface area contributed by atoms with Crippen molar-refractivity contribution in [3.63, 3.8) is 0 Å². The van der Waals surface area contributed by atoms with Gasteiger partial charge in [-0.3, -0.25) is 9.59 Å². The lowest BCUT2D eigenvalue weighted by molar-refractivity contribution is -0.351. The molecule has 3 heterocycles. The molecule has 232 valence electrons. The second-order valence-electron chi connectivity index (χ2n) is 9.85. The van der Waals surface area contributed by atoms with Crippen LogP contribution in [0, 0.1) is 0 Å². The Hall–Kier alpha value is -1.62. The van der Waals surface area contributed by atoms with Gasteiger partial charge in [-0.05, 0) is 0 Å². The van der Waals surface area contributed by atoms with Crippen LogP contribution in [-0.2, 0) is 33.3 Å². The Kier molecular flexibility index (Phi) is 11.5. The predicted octanol–water partition coefficient (Wildman–Crippen LogP) is -7.29. The molecule has 3 fully saturated rings. The Labute approximate surface area is 228 Å². The van der Waals surface area contributed by atoms with Crippen LogP contribution in [0.25, 0.3) is 0 Å². The molecule has 3 aliphatic rings. The molecule has 3 saturated heterocycles. The highest BCUT2D eigenvalue weighted by molar-refractivity contribution is 5.73. The molecule has 0 radical (unpaired) electrons. The second kappa shape index (κ2) is 14.0. The van der Waals surface area contributed by atoms with Crippen molar-refractivity contribution in [2.45, 2.75) is 106 Å². The van der Waals surface area contributed by atoms with E-state index >= 15 is 0 Å². The maximum absolute atomic E-state index is 11.6. The van der Waals surface area contributed by atoms with Crippen molar-refractivity contribution in [1.29, 1.82) is 0 Å². The third-order valence-corrected chi connectivity index (χ3v) is 6.88. The highest BCUT2D eigenvalue weighted by Crippen LogP contribution is 2.30. The highest BCUT2D eigenvalue weighted by Gasteiger charge is 2.51. The number of carbonyl (C=O) groups is 2. The number of hydrogen-bond acceptors (Lipinski definition) is 16. The van der Waals surface area contributed by atoms with Crippen LogP contribution in [0.5, 0.6) is 0 Å². The zero-order valence-corrected chi connectivity index (χ0v) is 21.7. The summed E-state index contributed by atoms with van der Waals surface area (Å²) in [5.74, 6) is -1.23. The highest BCUT2D eigenvalue weighted by atomic mass is 16.7. The third-order valence-electron chi connectivity index (χ3n) is 6.88. The maximum Gasteiger partial charge on any atom is 0.217 e. The van der Waals surface area contributed by atoms with Crippen LogP contribution in [0.15, 0.2) is 0 Å². The number of carbonyl (C=O) groups excluding carboxylic acids is 2. The summed E-state index contributed by atoms with van der Waals surface area (Å²) in [6.45, 7) is 0.183. The van der Waals surface area contributed by atoms with Gasteiger partial charge in [0.15, 0.2) is 18.9 Å². The summed E-state index contributed by atoms with van der Waals surface area (Å²) in [5, 5.41) is 96.6. The molecule has 15 atom stereocenters. The molecule has 40 heavy (non-hydrogen) atoms. The van der Waals surface area contributed by atoms with Crippen LogP contribution in [0.2, 0.25) is 0 Å². The quantitative estimate of drug-likeness (QED) is 0.120. The van der Waals surface area contributed by atoms with Crippen molar-refractivity contribution < 1.29 is 79.2 Å². The molecule has 0 aliphatic carbocycles. The van der Waals surface area contributed by atoms with Crippen LogP contribution in [-0.4, -0.2) is 170 Å². The first-order valence-electron chi connectivity index (χ1n) is 12.6. The van der Waals surface area contributed by atoms with E-state index in [0.717, 1.165) is 13.8 Å². The molecule has 0 saturated carbocycles. The Bertz CT molecular complexity index is 854. The molecular formula is C22H38N2O16. The normalized spacial score (nSPS) is 46.0. The molecule has 0 aromatic carbocycles. The first-order valence-corrected chi connectivity index (χ1v) is 12.6. The van der Waals surface area contributed by atoms with E-state index < -0.39 is 124 Å². The van der Waals surface area contributed by atoms with Crippen LogP contribution in [0.4, 0.5) is 0 Å². The van der Waals surface area contributed by atoms with Gasteiger partial charge in [-0.15, -0.1) is 0 Å². The number of nitrogens with one attached hydrogen (secondary N) is 2. The fourth-order valence-corrected chi connectivity index (χ4v) is 4.76. The molecule has 18 nitrogen and oxygen atoms in total. The number of amides is 2. The third kappa shape index (κ3) is 7.23. The van der Waals surface area contributed by atoms with Crippen molar-refractivity contribution in [1.82, 2.24) is 10.6 Å². The first-order chi connectivity index (χ1) is 18.8. The van der Waals surface area contributed by atoms with Gasteiger partial charge in [-0.2, -0.15) is 0 Å². The lowest BCUT2D eigenvalue weighted by Gasteiger charge is -2.47. The summed E-state index contributed by atoms with van der Waals surface area (Å²) in [6.07, 6.45) is -21.0. The van der Waals surface area contributed by atoms with Crippen LogP contribution in [0.3, 0.4) is 0 Å². The fraction of sp³-hybridized carbons (Fsp3) is 0.909. The maximum atomic E-state index is 11.6. The minimum absolute atomic E-state index is 0.604. The first kappa shape index (κ1) is 32.9. The van der Waals surface area contributed by atoms with E-state index in [9.17, 15) is 55.5 Å². The number of hydrogen-bond donors (Lipinski definition) is 11. The Morgan fingerprint density at radius 3 is 1.77 bits per heavy atom. The summed E-state index contributed by atoms with van der Waals surface area (Å²) in [5.41, 5.74) is 0. The molecule has 0 spiro atoms. The van der Waals surface area contributed by atoms with Crippen LogP contribution < -0.4 is 10.6 Å². The minimum atomic E-state index is -1.89. The van der Waals surface area contributed by atoms with Gasteiger partial charge in [0.25, 0.3) is 0 Å². The van der Waals surface area contributed by atoms with E-state index in [2.05, 4.69) is 10.6 Å². The average Bonchev–Trinajstić information content (AvgIpc) is 2.90.